The average Bonchev–Trinajstić information content (AvgIpc) is 3.58. The Labute approximate surface area is 233 Å². The molecular formula is C26H28N4O9S. The molecule has 1 unspecified atom stereocenters. The van der Waals surface area contributed by atoms with Crippen molar-refractivity contribution < 1.29 is 33.7 Å². The molecule has 0 spiro atoms. The predicted molar refractivity (Wildman–Crippen MR) is 143 cm³/mol. The van der Waals surface area contributed by atoms with Crippen LogP contribution in [0.1, 0.15) is 30.9 Å². The van der Waals surface area contributed by atoms with Gasteiger partial charge in [0.05, 0.1) is 9.85 Å². The summed E-state index contributed by atoms with van der Waals surface area (Å²) < 4.78 is 10.9. The number of thioether (sulfide) groups is 1. The van der Waals surface area contributed by atoms with Crippen LogP contribution in [-0.2, 0) is 27.5 Å². The fraction of sp³-hybridized carbons (Fsp3) is 0.423. The van der Waals surface area contributed by atoms with Crippen LogP contribution in [0, 0.1) is 26.1 Å². The highest BCUT2D eigenvalue weighted by Gasteiger charge is 2.44. The number of nitrogens with zero attached hydrogens (tertiary/aromatic N) is 4. The van der Waals surface area contributed by atoms with E-state index in [-0.39, 0.29) is 46.9 Å². The van der Waals surface area contributed by atoms with E-state index in [9.17, 15) is 34.6 Å². The van der Waals surface area contributed by atoms with Crippen molar-refractivity contribution in [3.05, 3.63) is 79.9 Å². The van der Waals surface area contributed by atoms with Crippen LogP contribution in [0.25, 0.3) is 0 Å². The SMILES string of the molecule is CC(=O)S[C@H]1C[C@@H](C2CCN(C(=O)OCc3ccc([N+](=O)[O-])cc3)C2)N(C(=O)OCc2ccc([N+](=O)[O-])cc2)C1. The van der Waals surface area contributed by atoms with E-state index in [1.54, 1.807) is 9.80 Å². The molecular weight excluding hydrogens is 544 g/mol. The smallest absolute Gasteiger partial charge is 0.410 e. The van der Waals surface area contributed by atoms with E-state index in [0.29, 0.717) is 43.6 Å². The Morgan fingerprint density at radius 1 is 0.875 bits per heavy atom. The summed E-state index contributed by atoms with van der Waals surface area (Å²) in [5.41, 5.74) is 1.12. The van der Waals surface area contributed by atoms with Gasteiger partial charge in [0.25, 0.3) is 11.4 Å². The molecule has 2 aromatic carbocycles. The number of nitro groups is 2. The molecule has 14 heteroatoms. The number of hydrogen-bond acceptors (Lipinski definition) is 10. The molecule has 2 heterocycles. The van der Waals surface area contributed by atoms with Gasteiger partial charge in [-0.05, 0) is 54.2 Å². The standard InChI is InChI=1S/C26H28N4O9S/c1-17(31)40-23-12-24(28(14-23)26(33)39-16-19-4-8-22(9-5-19)30(36)37)20-10-11-27(13-20)25(32)38-15-18-2-6-21(7-3-18)29(34)35/h2-9,20,23-24H,10-16H2,1H3/t20?,23-,24-/m0/s1. The average molecular weight is 573 g/mol. The third-order valence-corrected chi connectivity index (χ3v) is 7.92. The number of amides is 2. The lowest BCUT2D eigenvalue weighted by Gasteiger charge is -2.28. The Hall–Kier alpha value is -4.20. The molecule has 3 atom stereocenters. The minimum Gasteiger partial charge on any atom is -0.445 e. The first kappa shape index (κ1) is 28.8. The fourth-order valence-electron chi connectivity index (χ4n) is 4.96. The largest absolute Gasteiger partial charge is 0.445 e. The molecule has 2 saturated heterocycles. The molecule has 0 bridgehead atoms. The van der Waals surface area contributed by atoms with Crippen LogP contribution >= 0.6 is 11.8 Å². The Morgan fingerprint density at radius 3 is 1.90 bits per heavy atom. The second-order valence-electron chi connectivity index (χ2n) is 9.64. The number of benzene rings is 2. The molecule has 2 aliphatic heterocycles. The molecule has 4 rings (SSSR count). The molecule has 0 aromatic heterocycles. The molecule has 2 fully saturated rings. The van der Waals surface area contributed by atoms with Gasteiger partial charge in [-0.2, -0.15) is 0 Å². The van der Waals surface area contributed by atoms with Crippen LogP contribution < -0.4 is 0 Å². The lowest BCUT2D eigenvalue weighted by molar-refractivity contribution is -0.385. The van der Waals surface area contributed by atoms with Crippen LogP contribution in [0.4, 0.5) is 21.0 Å². The third kappa shape index (κ3) is 7.25. The monoisotopic (exact) mass is 572 g/mol. The van der Waals surface area contributed by atoms with Gasteiger partial charge >= 0.3 is 12.2 Å². The summed E-state index contributed by atoms with van der Waals surface area (Å²) in [5, 5.41) is 21.5. The van der Waals surface area contributed by atoms with Crippen molar-refractivity contribution in [2.75, 3.05) is 19.6 Å². The molecule has 40 heavy (non-hydrogen) atoms. The van der Waals surface area contributed by atoms with Crippen molar-refractivity contribution >= 4 is 40.4 Å². The van der Waals surface area contributed by atoms with E-state index in [0.717, 1.165) is 0 Å². The first-order valence-electron chi connectivity index (χ1n) is 12.6. The van der Waals surface area contributed by atoms with E-state index in [2.05, 4.69) is 0 Å². The van der Waals surface area contributed by atoms with Gasteiger partial charge in [-0.25, -0.2) is 9.59 Å². The topological polar surface area (TPSA) is 162 Å². The van der Waals surface area contributed by atoms with Gasteiger partial charge in [0, 0.05) is 62.1 Å². The van der Waals surface area contributed by atoms with Gasteiger partial charge in [-0.15, -0.1) is 0 Å². The molecule has 0 N–H and O–H groups in total. The summed E-state index contributed by atoms with van der Waals surface area (Å²) in [6.07, 6.45) is 0.156. The molecule has 212 valence electrons. The highest BCUT2D eigenvalue weighted by atomic mass is 32.2. The molecule has 0 radical (unpaired) electrons. The Kier molecular flexibility index (Phi) is 9.19. The van der Waals surface area contributed by atoms with Crippen LogP contribution in [0.5, 0.6) is 0 Å². The lowest BCUT2D eigenvalue weighted by Crippen LogP contribution is -2.42. The highest BCUT2D eigenvalue weighted by molar-refractivity contribution is 8.14. The van der Waals surface area contributed by atoms with E-state index in [1.165, 1.54) is 67.2 Å². The zero-order valence-electron chi connectivity index (χ0n) is 21.7. The van der Waals surface area contributed by atoms with Crippen molar-refractivity contribution in [1.82, 2.24) is 9.80 Å². The maximum Gasteiger partial charge on any atom is 0.410 e. The summed E-state index contributed by atoms with van der Waals surface area (Å²) in [6.45, 7) is 2.53. The first-order valence-corrected chi connectivity index (χ1v) is 13.5. The molecule has 2 amide bonds. The number of rotatable bonds is 8. The summed E-state index contributed by atoms with van der Waals surface area (Å²) in [4.78, 5) is 61.4. The van der Waals surface area contributed by atoms with E-state index in [1.807, 2.05) is 0 Å². The third-order valence-electron chi connectivity index (χ3n) is 6.92. The highest BCUT2D eigenvalue weighted by Crippen LogP contribution is 2.36. The van der Waals surface area contributed by atoms with Gasteiger partial charge in [0.2, 0.25) is 0 Å². The maximum atomic E-state index is 13.1. The Balaban J connectivity index is 1.34. The molecule has 0 saturated carbocycles. The molecule has 13 nitrogen and oxygen atoms in total. The minimum atomic E-state index is -0.547. The van der Waals surface area contributed by atoms with Gasteiger partial charge < -0.3 is 19.3 Å². The second kappa shape index (κ2) is 12.8. The minimum absolute atomic E-state index is 0.0279. The predicted octanol–water partition coefficient (Wildman–Crippen LogP) is 4.52. The number of likely N-dealkylation sites (tertiary alicyclic amines) is 2. The Morgan fingerprint density at radius 2 is 1.40 bits per heavy atom. The fourth-order valence-corrected chi connectivity index (χ4v) is 5.96. The van der Waals surface area contributed by atoms with Crippen molar-refractivity contribution in [3.8, 4) is 0 Å². The molecule has 2 aromatic rings. The van der Waals surface area contributed by atoms with Crippen molar-refractivity contribution in [1.29, 1.82) is 0 Å². The zero-order chi connectivity index (χ0) is 28.8. The van der Waals surface area contributed by atoms with Crippen LogP contribution in [0.2, 0.25) is 0 Å². The number of nitro benzene ring substituents is 2. The van der Waals surface area contributed by atoms with Gasteiger partial charge in [0.15, 0.2) is 5.12 Å². The van der Waals surface area contributed by atoms with Crippen LogP contribution in [0.3, 0.4) is 0 Å². The summed E-state index contributed by atoms with van der Waals surface area (Å²) in [5.74, 6) is -0.0450. The van der Waals surface area contributed by atoms with E-state index < -0.39 is 22.0 Å². The summed E-state index contributed by atoms with van der Waals surface area (Å²) >= 11 is 1.18. The van der Waals surface area contributed by atoms with Crippen molar-refractivity contribution in [2.24, 2.45) is 5.92 Å². The molecule has 2 aliphatic rings. The van der Waals surface area contributed by atoms with E-state index in [4.69, 9.17) is 9.47 Å². The summed E-state index contributed by atoms with van der Waals surface area (Å²) in [7, 11) is 0. The van der Waals surface area contributed by atoms with E-state index >= 15 is 0 Å². The van der Waals surface area contributed by atoms with Crippen LogP contribution in [0.15, 0.2) is 48.5 Å². The Bertz CT molecular complexity index is 1270. The summed E-state index contributed by atoms with van der Waals surface area (Å²) in [6, 6.07) is 11.3. The quantitative estimate of drug-likeness (QED) is 0.325. The van der Waals surface area contributed by atoms with Crippen molar-refractivity contribution in [2.45, 2.75) is 44.3 Å². The number of hydrogen-bond donors (Lipinski definition) is 0. The number of carbonyl (C=O) groups excluding carboxylic acids is 3. The van der Waals surface area contributed by atoms with Gasteiger partial charge in [0.1, 0.15) is 13.2 Å². The first-order chi connectivity index (χ1) is 19.1. The second-order valence-corrected chi connectivity index (χ2v) is 11.1. The van der Waals surface area contributed by atoms with Crippen LogP contribution in [-0.4, -0.2) is 67.9 Å². The maximum absolute atomic E-state index is 13.1. The lowest BCUT2D eigenvalue weighted by atomic mass is 9.97. The van der Waals surface area contributed by atoms with Gasteiger partial charge in [-0.3, -0.25) is 25.0 Å². The van der Waals surface area contributed by atoms with Gasteiger partial charge in [-0.1, -0.05) is 11.8 Å². The number of carbonyl (C=O) groups is 3. The van der Waals surface area contributed by atoms with Crippen molar-refractivity contribution in [3.63, 3.8) is 0 Å². The number of ether oxygens (including phenoxy) is 2. The zero-order valence-corrected chi connectivity index (χ0v) is 22.5. The normalized spacial score (nSPS) is 20.3. The molecule has 0 aliphatic carbocycles. The number of non-ortho nitro benzene ring substituents is 2.